The molecular formula is C3H7N3OS. The average Bonchev–Trinajstić information content (AvgIpc) is 2.12. The number of rotatable bonds is 0. The highest BCUT2D eigenvalue weighted by Crippen LogP contribution is 2.09. The first-order valence-electron chi connectivity index (χ1n) is 2.26. The molecule has 0 aromatic carbocycles. The van der Waals surface area contributed by atoms with Crippen molar-refractivity contribution in [3.63, 3.8) is 0 Å². The van der Waals surface area contributed by atoms with E-state index in [1.165, 1.54) is 16.4 Å². The quantitative estimate of drug-likeness (QED) is 0.439. The zero-order valence-corrected chi connectivity index (χ0v) is 5.07. The van der Waals surface area contributed by atoms with Gasteiger partial charge in [0.25, 0.3) is 0 Å². The molecule has 1 heterocycles. The maximum absolute atomic E-state index is 10.3. The van der Waals surface area contributed by atoms with Crippen LogP contribution in [0.2, 0.25) is 0 Å². The fourth-order valence-electron chi connectivity index (χ4n) is 0.471. The number of urea groups is 1. The summed E-state index contributed by atoms with van der Waals surface area (Å²) in [5, 5.41) is 0. The van der Waals surface area contributed by atoms with Crippen molar-refractivity contribution < 1.29 is 4.79 Å². The van der Waals surface area contributed by atoms with E-state index in [-0.39, 0.29) is 0 Å². The Morgan fingerprint density at radius 3 is 2.88 bits per heavy atom. The molecule has 0 spiro atoms. The Hall–Kier alpha value is -0.420. The topological polar surface area (TPSA) is 58.4 Å². The predicted octanol–water partition coefficient (Wildman–Crippen LogP) is -0.466. The Labute approximate surface area is 51.5 Å². The largest absolute Gasteiger partial charge is 0.350 e. The van der Waals surface area contributed by atoms with E-state index >= 15 is 0 Å². The molecule has 2 amide bonds. The second-order valence-electron chi connectivity index (χ2n) is 1.37. The van der Waals surface area contributed by atoms with Crippen LogP contribution in [-0.2, 0) is 0 Å². The predicted molar refractivity (Wildman–Crippen MR) is 31.9 cm³/mol. The number of nitrogens with zero attached hydrogens (tertiary/aromatic N) is 1. The Morgan fingerprint density at radius 1 is 1.88 bits per heavy atom. The number of hydrogen-bond acceptors (Lipinski definition) is 3. The van der Waals surface area contributed by atoms with Gasteiger partial charge in [-0.1, -0.05) is 0 Å². The summed E-state index contributed by atoms with van der Waals surface area (Å²) in [7, 11) is 0. The number of amides is 2. The van der Waals surface area contributed by atoms with Crippen LogP contribution >= 0.6 is 11.9 Å². The molecule has 0 aliphatic carbocycles. The first-order chi connectivity index (χ1) is 3.80. The molecule has 0 radical (unpaired) electrons. The van der Waals surface area contributed by atoms with Gasteiger partial charge in [0.2, 0.25) is 0 Å². The minimum absolute atomic E-state index is 0.424. The Balaban J connectivity index is 2.35. The minimum Gasteiger partial charge on any atom is -0.350 e. The number of nitrogens with one attached hydrogen (secondary N) is 1. The van der Waals surface area contributed by atoms with Crippen molar-refractivity contribution in [2.75, 3.05) is 12.3 Å². The molecule has 4 nitrogen and oxygen atoms in total. The molecule has 46 valence electrons. The average molecular weight is 133 g/mol. The standard InChI is InChI=1S/C3H7N3OS/c4-3(7)6-5-1-2-8-6/h5H,1-2H2,(H2,4,7). The monoisotopic (exact) mass is 133 g/mol. The van der Waals surface area contributed by atoms with Crippen molar-refractivity contribution in [2.45, 2.75) is 0 Å². The molecule has 0 saturated carbocycles. The van der Waals surface area contributed by atoms with E-state index in [0.29, 0.717) is 0 Å². The maximum Gasteiger partial charge on any atom is 0.339 e. The van der Waals surface area contributed by atoms with Crippen LogP contribution in [0.1, 0.15) is 0 Å². The normalized spacial score (nSPS) is 19.2. The molecule has 5 heteroatoms. The summed E-state index contributed by atoms with van der Waals surface area (Å²) in [4.78, 5) is 10.3. The third-order valence-corrected chi connectivity index (χ3v) is 1.73. The molecule has 0 unspecified atom stereocenters. The van der Waals surface area contributed by atoms with Crippen molar-refractivity contribution in [2.24, 2.45) is 5.73 Å². The highest BCUT2D eigenvalue weighted by atomic mass is 32.2. The van der Waals surface area contributed by atoms with Crippen molar-refractivity contribution in [1.82, 2.24) is 9.84 Å². The van der Waals surface area contributed by atoms with Crippen LogP contribution in [0, 0.1) is 0 Å². The number of carbonyl (C=O) groups excluding carboxylic acids is 1. The highest BCUT2D eigenvalue weighted by Gasteiger charge is 2.14. The van der Waals surface area contributed by atoms with Crippen LogP contribution in [0.15, 0.2) is 0 Å². The molecule has 0 atom stereocenters. The fraction of sp³-hybridized carbons (Fsp3) is 0.667. The summed E-state index contributed by atoms with van der Waals surface area (Å²) in [6.07, 6.45) is 0. The lowest BCUT2D eigenvalue weighted by Gasteiger charge is -2.07. The molecule has 1 aliphatic rings. The Bertz CT molecular complexity index is 101. The zero-order chi connectivity index (χ0) is 5.98. The van der Waals surface area contributed by atoms with Crippen LogP contribution < -0.4 is 11.2 Å². The van der Waals surface area contributed by atoms with Gasteiger partial charge in [0.1, 0.15) is 0 Å². The molecule has 1 rings (SSSR count). The van der Waals surface area contributed by atoms with Gasteiger partial charge in [-0.2, -0.15) is 4.41 Å². The van der Waals surface area contributed by atoms with Gasteiger partial charge < -0.3 is 5.73 Å². The summed E-state index contributed by atoms with van der Waals surface area (Å²) in [5.74, 6) is 0.920. The summed E-state index contributed by atoms with van der Waals surface area (Å²) >= 11 is 1.40. The number of hydrogen-bond donors (Lipinski definition) is 2. The van der Waals surface area contributed by atoms with Gasteiger partial charge in [-0.05, 0) is 11.9 Å². The Kier molecular flexibility index (Phi) is 1.59. The van der Waals surface area contributed by atoms with Crippen molar-refractivity contribution in [3.05, 3.63) is 0 Å². The lowest BCUT2D eigenvalue weighted by atomic mass is 10.8. The van der Waals surface area contributed by atoms with Crippen LogP contribution in [-0.4, -0.2) is 22.7 Å². The van der Waals surface area contributed by atoms with Gasteiger partial charge in [0.15, 0.2) is 0 Å². The molecule has 8 heavy (non-hydrogen) atoms. The molecular weight excluding hydrogens is 126 g/mol. The fourth-order valence-corrected chi connectivity index (χ4v) is 1.15. The third kappa shape index (κ3) is 1.05. The first kappa shape index (κ1) is 5.71. The van der Waals surface area contributed by atoms with Gasteiger partial charge in [0.05, 0.1) is 0 Å². The molecule has 0 aromatic rings. The van der Waals surface area contributed by atoms with Crippen LogP contribution in [0.3, 0.4) is 0 Å². The highest BCUT2D eigenvalue weighted by molar-refractivity contribution is 7.97. The minimum atomic E-state index is -0.424. The van der Waals surface area contributed by atoms with Crippen LogP contribution in [0.25, 0.3) is 0 Å². The molecule has 3 N–H and O–H groups in total. The smallest absolute Gasteiger partial charge is 0.339 e. The van der Waals surface area contributed by atoms with E-state index in [0.717, 1.165) is 12.3 Å². The second kappa shape index (κ2) is 2.23. The number of primary amides is 1. The number of nitrogens with two attached hydrogens (primary N) is 1. The SMILES string of the molecule is NC(=O)N1NCCS1. The third-order valence-electron chi connectivity index (χ3n) is 0.778. The molecule has 0 bridgehead atoms. The summed E-state index contributed by atoms with van der Waals surface area (Å²) in [6.45, 7) is 0.827. The zero-order valence-electron chi connectivity index (χ0n) is 4.26. The second-order valence-corrected chi connectivity index (χ2v) is 2.41. The summed E-state index contributed by atoms with van der Waals surface area (Å²) in [6, 6.07) is -0.424. The number of carbonyl (C=O) groups is 1. The van der Waals surface area contributed by atoms with E-state index in [1.807, 2.05) is 0 Å². The van der Waals surface area contributed by atoms with E-state index in [2.05, 4.69) is 5.43 Å². The van der Waals surface area contributed by atoms with E-state index in [4.69, 9.17) is 5.73 Å². The summed E-state index contributed by atoms with van der Waals surface area (Å²) in [5.41, 5.74) is 7.68. The van der Waals surface area contributed by atoms with Gasteiger partial charge in [-0.15, -0.1) is 0 Å². The van der Waals surface area contributed by atoms with Gasteiger partial charge in [-0.3, -0.25) is 0 Å². The molecule has 1 fully saturated rings. The lowest BCUT2D eigenvalue weighted by Crippen LogP contribution is -2.36. The van der Waals surface area contributed by atoms with Gasteiger partial charge in [-0.25, -0.2) is 10.2 Å². The van der Waals surface area contributed by atoms with E-state index < -0.39 is 6.03 Å². The molecule has 0 aromatic heterocycles. The first-order valence-corrected chi connectivity index (χ1v) is 3.21. The lowest BCUT2D eigenvalue weighted by molar-refractivity contribution is 0.227. The Morgan fingerprint density at radius 2 is 2.62 bits per heavy atom. The number of hydrazine groups is 1. The van der Waals surface area contributed by atoms with Crippen LogP contribution in [0.5, 0.6) is 0 Å². The van der Waals surface area contributed by atoms with Gasteiger partial charge >= 0.3 is 6.03 Å². The van der Waals surface area contributed by atoms with Crippen molar-refractivity contribution >= 4 is 18.0 Å². The van der Waals surface area contributed by atoms with E-state index in [9.17, 15) is 4.79 Å². The molecule has 1 aliphatic heterocycles. The maximum atomic E-state index is 10.3. The van der Waals surface area contributed by atoms with Crippen molar-refractivity contribution in [3.8, 4) is 0 Å². The molecule has 1 saturated heterocycles. The van der Waals surface area contributed by atoms with E-state index in [1.54, 1.807) is 0 Å². The van der Waals surface area contributed by atoms with Crippen molar-refractivity contribution in [1.29, 1.82) is 0 Å². The van der Waals surface area contributed by atoms with Crippen LogP contribution in [0.4, 0.5) is 4.79 Å². The van der Waals surface area contributed by atoms with Gasteiger partial charge in [0, 0.05) is 12.3 Å². The summed E-state index contributed by atoms with van der Waals surface area (Å²) < 4.78 is 1.33.